The number of hydrogen-bond donors (Lipinski definition) is 0. The molecule has 1 heterocycles. The molecule has 1 aromatic heterocycles. The van der Waals surface area contributed by atoms with Crippen LogP contribution in [-0.2, 0) is 22.6 Å². The molecule has 3 rings (SSSR count). The molecule has 0 N–H and O–H groups in total. The van der Waals surface area contributed by atoms with Gasteiger partial charge in [0.15, 0.2) is 11.5 Å². The number of carbonyl (C=O) groups is 1. The molecule has 0 bridgehead atoms. The van der Waals surface area contributed by atoms with Crippen molar-refractivity contribution in [2.75, 3.05) is 14.2 Å². The van der Waals surface area contributed by atoms with Crippen LogP contribution in [0.5, 0.6) is 11.5 Å². The van der Waals surface area contributed by atoms with E-state index in [0.29, 0.717) is 22.6 Å². The monoisotopic (exact) mass is 382 g/mol. The average Bonchev–Trinajstić information content (AvgIpc) is 2.67. The van der Waals surface area contributed by atoms with Gasteiger partial charge in [0, 0.05) is 17.0 Å². The molecule has 0 radical (unpaired) electrons. The van der Waals surface area contributed by atoms with E-state index in [9.17, 15) is 9.59 Å². The molecule has 0 fully saturated rings. The Labute approximate surface area is 162 Å². The molecule has 2 aromatic carbocycles. The normalized spacial score (nSPS) is 10.7. The molecule has 146 valence electrons. The fourth-order valence-corrected chi connectivity index (χ4v) is 2.97. The molecule has 0 saturated heterocycles. The summed E-state index contributed by atoms with van der Waals surface area (Å²) >= 11 is 0. The van der Waals surface area contributed by atoms with Crippen molar-refractivity contribution < 1.29 is 23.4 Å². The molecular formula is C22H22O6. The fraction of sp³-hybridized carbons (Fsp3) is 0.273. The van der Waals surface area contributed by atoms with E-state index in [4.69, 9.17) is 18.6 Å². The molecule has 6 heteroatoms. The van der Waals surface area contributed by atoms with Crippen LogP contribution in [0.4, 0.5) is 0 Å². The lowest BCUT2D eigenvalue weighted by Gasteiger charge is -2.11. The van der Waals surface area contributed by atoms with E-state index in [2.05, 4.69) is 0 Å². The van der Waals surface area contributed by atoms with Crippen LogP contribution in [-0.4, -0.2) is 20.2 Å². The van der Waals surface area contributed by atoms with Crippen molar-refractivity contribution in [2.45, 2.75) is 26.9 Å². The number of hydrogen-bond acceptors (Lipinski definition) is 6. The highest BCUT2D eigenvalue weighted by molar-refractivity contribution is 5.82. The van der Waals surface area contributed by atoms with Crippen molar-refractivity contribution in [3.8, 4) is 11.5 Å². The third-order valence-corrected chi connectivity index (χ3v) is 4.63. The minimum absolute atomic E-state index is 0.00325. The van der Waals surface area contributed by atoms with Crippen molar-refractivity contribution in [3.63, 3.8) is 0 Å². The Balaban J connectivity index is 1.76. The van der Waals surface area contributed by atoms with Gasteiger partial charge in [-0.3, -0.25) is 4.79 Å². The Morgan fingerprint density at radius 1 is 0.964 bits per heavy atom. The van der Waals surface area contributed by atoms with Gasteiger partial charge >= 0.3 is 11.6 Å². The number of carbonyl (C=O) groups excluding carboxylic acids is 1. The number of rotatable bonds is 6. The fourth-order valence-electron chi connectivity index (χ4n) is 2.97. The predicted octanol–water partition coefficient (Wildman–Crippen LogP) is 3.71. The predicted molar refractivity (Wildman–Crippen MR) is 105 cm³/mol. The second kappa shape index (κ2) is 8.17. The van der Waals surface area contributed by atoms with Crippen molar-refractivity contribution >= 4 is 16.9 Å². The van der Waals surface area contributed by atoms with Crippen LogP contribution in [0.2, 0.25) is 0 Å². The zero-order valence-corrected chi connectivity index (χ0v) is 16.3. The smallest absolute Gasteiger partial charge is 0.336 e. The first kappa shape index (κ1) is 19.5. The number of benzene rings is 2. The third-order valence-electron chi connectivity index (χ3n) is 4.63. The molecule has 0 unspecified atom stereocenters. The Morgan fingerprint density at radius 3 is 2.39 bits per heavy atom. The SMILES string of the molecule is COc1ccc(CC(=O)OCc2cc(=O)oc3cc(C)c(C)cc23)cc1OC. The van der Waals surface area contributed by atoms with Crippen LogP contribution in [0.25, 0.3) is 11.0 Å². The quantitative estimate of drug-likeness (QED) is 0.478. The van der Waals surface area contributed by atoms with Gasteiger partial charge in [-0.25, -0.2) is 4.79 Å². The highest BCUT2D eigenvalue weighted by Crippen LogP contribution is 2.28. The first-order valence-corrected chi connectivity index (χ1v) is 8.81. The van der Waals surface area contributed by atoms with Gasteiger partial charge in [0.1, 0.15) is 12.2 Å². The lowest BCUT2D eigenvalue weighted by atomic mass is 10.0. The van der Waals surface area contributed by atoms with Crippen LogP contribution < -0.4 is 15.1 Å². The van der Waals surface area contributed by atoms with E-state index >= 15 is 0 Å². The van der Waals surface area contributed by atoms with Gasteiger partial charge < -0.3 is 18.6 Å². The summed E-state index contributed by atoms with van der Waals surface area (Å²) < 4.78 is 21.1. The number of fused-ring (bicyclic) bond motifs is 1. The molecule has 3 aromatic rings. The molecule has 0 spiro atoms. The summed E-state index contributed by atoms with van der Waals surface area (Å²) in [5.41, 5.74) is 3.47. The van der Waals surface area contributed by atoms with E-state index in [1.165, 1.54) is 13.2 Å². The summed E-state index contributed by atoms with van der Waals surface area (Å²) in [5.74, 6) is 0.732. The lowest BCUT2D eigenvalue weighted by Crippen LogP contribution is -2.10. The second-order valence-corrected chi connectivity index (χ2v) is 6.55. The summed E-state index contributed by atoms with van der Waals surface area (Å²) in [7, 11) is 3.09. The third kappa shape index (κ3) is 4.17. The van der Waals surface area contributed by atoms with Gasteiger partial charge in [0.25, 0.3) is 0 Å². The zero-order valence-electron chi connectivity index (χ0n) is 16.3. The van der Waals surface area contributed by atoms with Gasteiger partial charge in [0.05, 0.1) is 20.6 Å². The first-order valence-electron chi connectivity index (χ1n) is 8.81. The van der Waals surface area contributed by atoms with Crippen LogP contribution in [0.15, 0.2) is 45.6 Å². The molecule has 0 atom stereocenters. The van der Waals surface area contributed by atoms with Crippen LogP contribution in [0.1, 0.15) is 22.3 Å². The van der Waals surface area contributed by atoms with Crippen molar-refractivity contribution in [2.24, 2.45) is 0 Å². The number of aryl methyl sites for hydroxylation is 2. The van der Waals surface area contributed by atoms with Crippen molar-refractivity contribution in [1.29, 1.82) is 0 Å². The van der Waals surface area contributed by atoms with Crippen molar-refractivity contribution in [3.05, 3.63) is 69.1 Å². The first-order chi connectivity index (χ1) is 13.4. The van der Waals surface area contributed by atoms with E-state index < -0.39 is 11.6 Å². The number of esters is 1. The van der Waals surface area contributed by atoms with E-state index in [-0.39, 0.29) is 13.0 Å². The van der Waals surface area contributed by atoms with Crippen LogP contribution in [0.3, 0.4) is 0 Å². The van der Waals surface area contributed by atoms with Crippen molar-refractivity contribution in [1.82, 2.24) is 0 Å². The molecular weight excluding hydrogens is 360 g/mol. The summed E-state index contributed by atoms with van der Waals surface area (Å²) in [4.78, 5) is 24.1. The maximum absolute atomic E-state index is 12.3. The summed E-state index contributed by atoms with van der Waals surface area (Å²) in [6.45, 7) is 3.92. The van der Waals surface area contributed by atoms with Gasteiger partial charge in [0.2, 0.25) is 0 Å². The molecule has 0 aliphatic carbocycles. The van der Waals surface area contributed by atoms with Gasteiger partial charge in [-0.15, -0.1) is 0 Å². The van der Waals surface area contributed by atoms with Gasteiger partial charge in [-0.2, -0.15) is 0 Å². The highest BCUT2D eigenvalue weighted by atomic mass is 16.5. The minimum Gasteiger partial charge on any atom is -0.493 e. The molecule has 0 amide bonds. The minimum atomic E-state index is -0.471. The number of methoxy groups -OCH3 is 2. The van der Waals surface area contributed by atoms with Gasteiger partial charge in [-0.05, 0) is 54.8 Å². The second-order valence-electron chi connectivity index (χ2n) is 6.55. The Bertz CT molecular complexity index is 1080. The van der Waals surface area contributed by atoms with E-state index in [1.807, 2.05) is 26.0 Å². The average molecular weight is 382 g/mol. The molecule has 6 nitrogen and oxygen atoms in total. The van der Waals surface area contributed by atoms with E-state index in [1.54, 1.807) is 25.3 Å². The Morgan fingerprint density at radius 2 is 1.68 bits per heavy atom. The summed E-state index contributed by atoms with van der Waals surface area (Å²) in [6, 6.07) is 10.4. The molecule has 28 heavy (non-hydrogen) atoms. The highest BCUT2D eigenvalue weighted by Gasteiger charge is 2.12. The van der Waals surface area contributed by atoms with Crippen LogP contribution >= 0.6 is 0 Å². The molecule has 0 saturated carbocycles. The zero-order chi connectivity index (χ0) is 20.3. The Hall–Kier alpha value is -3.28. The lowest BCUT2D eigenvalue weighted by molar-refractivity contribution is -0.144. The number of ether oxygens (including phenoxy) is 3. The van der Waals surface area contributed by atoms with Gasteiger partial charge in [-0.1, -0.05) is 6.07 Å². The van der Waals surface area contributed by atoms with E-state index in [0.717, 1.165) is 22.1 Å². The van der Waals surface area contributed by atoms with Crippen LogP contribution in [0, 0.1) is 13.8 Å². The topological polar surface area (TPSA) is 75.0 Å². The maximum atomic E-state index is 12.3. The maximum Gasteiger partial charge on any atom is 0.336 e. The summed E-state index contributed by atoms with van der Waals surface area (Å²) in [5, 5.41) is 0.765. The largest absolute Gasteiger partial charge is 0.493 e. The standard InChI is InChI=1S/C22H22O6/c1-13-7-17-16(11-22(24)28-19(17)8-14(13)2)12-27-21(23)10-15-5-6-18(25-3)20(9-15)26-4/h5-9,11H,10,12H2,1-4H3. The summed E-state index contributed by atoms with van der Waals surface area (Å²) in [6.07, 6.45) is 0.0812. The molecule has 0 aliphatic rings. The molecule has 0 aliphatic heterocycles. The Kier molecular flexibility index (Phi) is 5.68.